The summed E-state index contributed by atoms with van der Waals surface area (Å²) in [7, 11) is 0. The fourth-order valence-electron chi connectivity index (χ4n) is 3.17. The summed E-state index contributed by atoms with van der Waals surface area (Å²) in [5, 5.41) is 13.9. The second-order valence-corrected chi connectivity index (χ2v) is 7.80. The van der Waals surface area contributed by atoms with Gasteiger partial charge in [-0.15, -0.1) is 0 Å². The Balaban J connectivity index is 1.46. The summed E-state index contributed by atoms with van der Waals surface area (Å²) < 4.78 is 15.1. The van der Waals surface area contributed by atoms with Crippen LogP contribution in [0.25, 0.3) is 16.2 Å². The van der Waals surface area contributed by atoms with Gasteiger partial charge in [-0.05, 0) is 31.2 Å². The first-order valence-corrected chi connectivity index (χ1v) is 9.96. The molecule has 9 heteroatoms. The molecule has 0 fully saturated rings. The summed E-state index contributed by atoms with van der Waals surface area (Å²) in [4.78, 5) is 29.2. The molecule has 0 spiro atoms. The van der Waals surface area contributed by atoms with Gasteiger partial charge in [0.05, 0.1) is 23.6 Å². The highest BCUT2D eigenvalue weighted by Crippen LogP contribution is 2.27. The van der Waals surface area contributed by atoms with Crippen molar-refractivity contribution < 1.29 is 14.1 Å². The van der Waals surface area contributed by atoms with Crippen LogP contribution in [-0.2, 0) is 17.8 Å². The minimum absolute atomic E-state index is 0.0621. The van der Waals surface area contributed by atoms with Crippen LogP contribution in [0.3, 0.4) is 0 Å². The molecule has 4 rings (SSSR count). The van der Waals surface area contributed by atoms with Crippen molar-refractivity contribution in [1.82, 2.24) is 14.7 Å². The number of nitrogens with one attached hydrogen (secondary N) is 1. The average Bonchev–Trinajstić information content (AvgIpc) is 3.26. The first-order chi connectivity index (χ1) is 14.4. The van der Waals surface area contributed by atoms with E-state index < -0.39 is 4.92 Å². The number of hydrogen-bond acceptors (Lipinski definition) is 5. The number of carbonyl (C=O) groups is 1. The van der Waals surface area contributed by atoms with Crippen molar-refractivity contribution in [2.24, 2.45) is 0 Å². The molecule has 0 saturated carbocycles. The van der Waals surface area contributed by atoms with E-state index in [9.17, 15) is 19.3 Å². The first kappa shape index (κ1) is 19.7. The Labute approximate surface area is 175 Å². The van der Waals surface area contributed by atoms with Crippen molar-refractivity contribution >= 4 is 27.9 Å². The minimum atomic E-state index is -0.486. The van der Waals surface area contributed by atoms with Gasteiger partial charge >= 0.3 is 0 Å². The van der Waals surface area contributed by atoms with E-state index in [2.05, 4.69) is 10.3 Å². The number of amides is 1. The van der Waals surface area contributed by atoms with E-state index in [1.807, 2.05) is 17.5 Å². The first-order valence-electron chi connectivity index (χ1n) is 9.14. The summed E-state index contributed by atoms with van der Waals surface area (Å²) in [6.07, 6.45) is 1.82. The maximum absolute atomic E-state index is 13.1. The smallest absolute Gasteiger partial charge is 0.273 e. The number of thiazole rings is 1. The van der Waals surface area contributed by atoms with Crippen LogP contribution in [0.1, 0.15) is 16.1 Å². The lowest BCUT2D eigenvalue weighted by Gasteiger charge is -2.05. The number of halogens is 1. The predicted molar refractivity (Wildman–Crippen MR) is 112 cm³/mol. The van der Waals surface area contributed by atoms with Crippen LogP contribution < -0.4 is 5.32 Å². The Kier molecular flexibility index (Phi) is 5.28. The van der Waals surface area contributed by atoms with Crippen molar-refractivity contribution in [2.75, 3.05) is 0 Å². The van der Waals surface area contributed by atoms with E-state index >= 15 is 0 Å². The third kappa shape index (κ3) is 3.92. The van der Waals surface area contributed by atoms with Crippen molar-refractivity contribution in [2.45, 2.75) is 19.9 Å². The maximum atomic E-state index is 13.1. The number of fused-ring (bicyclic) bond motifs is 1. The highest BCUT2D eigenvalue weighted by atomic mass is 32.1. The molecule has 0 aliphatic heterocycles. The zero-order valence-electron chi connectivity index (χ0n) is 16.0. The third-order valence-electron chi connectivity index (χ3n) is 4.78. The van der Waals surface area contributed by atoms with Crippen LogP contribution in [0.4, 0.5) is 10.1 Å². The predicted octanol–water partition coefficient (Wildman–Crippen LogP) is 4.28. The molecule has 30 heavy (non-hydrogen) atoms. The number of benzene rings is 2. The van der Waals surface area contributed by atoms with E-state index in [0.717, 1.165) is 26.8 Å². The standard InChI is InChI=1S/C21H17FN4O3S/c1-13-19(11-23-20(27)10-15-4-2-3-5-18(15)26(28)29)30-21-24-17(12-25(13)21)14-6-8-16(22)9-7-14/h2-9,12H,10-11H2,1H3,(H,23,27). The highest BCUT2D eigenvalue weighted by molar-refractivity contribution is 7.17. The number of carbonyl (C=O) groups excluding carboxylic acids is 1. The van der Waals surface area contributed by atoms with Gasteiger partial charge in [0.25, 0.3) is 5.69 Å². The number of rotatable bonds is 6. The fraction of sp³-hybridized carbons (Fsp3) is 0.143. The molecule has 2 heterocycles. The van der Waals surface area contributed by atoms with E-state index in [1.54, 1.807) is 30.3 Å². The Morgan fingerprint density at radius 2 is 1.97 bits per heavy atom. The molecule has 0 aliphatic carbocycles. The number of aromatic nitrogens is 2. The van der Waals surface area contributed by atoms with Gasteiger partial charge in [0.2, 0.25) is 5.91 Å². The Bertz CT molecular complexity index is 1250. The number of aryl methyl sites for hydroxylation is 1. The largest absolute Gasteiger partial charge is 0.351 e. The summed E-state index contributed by atoms with van der Waals surface area (Å²) in [6, 6.07) is 12.4. The molecule has 0 bridgehead atoms. The molecule has 0 saturated heterocycles. The SMILES string of the molecule is Cc1c(CNC(=O)Cc2ccccc2[N+](=O)[O-])sc2nc(-c3ccc(F)cc3)cn12. The lowest BCUT2D eigenvalue weighted by Crippen LogP contribution is -2.24. The minimum Gasteiger partial charge on any atom is -0.351 e. The second kappa shape index (κ2) is 8.03. The molecule has 0 unspecified atom stereocenters. The van der Waals surface area contributed by atoms with Crippen molar-refractivity contribution in [3.63, 3.8) is 0 Å². The molecular weight excluding hydrogens is 407 g/mol. The number of nitro groups is 1. The van der Waals surface area contributed by atoms with Crippen LogP contribution in [-0.4, -0.2) is 20.2 Å². The normalized spacial score (nSPS) is 11.0. The quantitative estimate of drug-likeness (QED) is 0.370. The summed E-state index contributed by atoms with van der Waals surface area (Å²) in [5.74, 6) is -0.587. The van der Waals surface area contributed by atoms with Crippen LogP contribution in [0.2, 0.25) is 0 Å². The van der Waals surface area contributed by atoms with Gasteiger partial charge in [-0.1, -0.05) is 29.5 Å². The summed E-state index contributed by atoms with van der Waals surface area (Å²) >= 11 is 1.45. The molecule has 2 aromatic heterocycles. The Morgan fingerprint density at radius 3 is 2.67 bits per heavy atom. The van der Waals surface area contributed by atoms with Gasteiger partial charge in [0.15, 0.2) is 4.96 Å². The van der Waals surface area contributed by atoms with Crippen LogP contribution >= 0.6 is 11.3 Å². The van der Waals surface area contributed by atoms with Gasteiger partial charge in [0, 0.05) is 34.0 Å². The van der Waals surface area contributed by atoms with Gasteiger partial charge in [-0.25, -0.2) is 9.37 Å². The number of nitro benzene ring substituents is 1. The number of hydrogen-bond donors (Lipinski definition) is 1. The van der Waals surface area contributed by atoms with E-state index in [1.165, 1.54) is 29.5 Å². The number of imidazole rings is 1. The van der Waals surface area contributed by atoms with Crippen LogP contribution in [0, 0.1) is 22.9 Å². The zero-order valence-corrected chi connectivity index (χ0v) is 16.8. The van der Waals surface area contributed by atoms with Gasteiger partial charge in [0.1, 0.15) is 5.82 Å². The molecule has 1 N–H and O–H groups in total. The van der Waals surface area contributed by atoms with E-state index in [-0.39, 0.29) is 23.8 Å². The van der Waals surface area contributed by atoms with Gasteiger partial charge < -0.3 is 5.32 Å². The van der Waals surface area contributed by atoms with E-state index in [0.29, 0.717) is 12.1 Å². The lowest BCUT2D eigenvalue weighted by molar-refractivity contribution is -0.385. The molecule has 152 valence electrons. The van der Waals surface area contributed by atoms with Crippen molar-refractivity contribution in [1.29, 1.82) is 0 Å². The van der Waals surface area contributed by atoms with Gasteiger partial charge in [-0.3, -0.25) is 19.3 Å². The molecule has 0 atom stereocenters. The fourth-order valence-corrected chi connectivity index (χ4v) is 4.21. The Morgan fingerprint density at radius 1 is 1.23 bits per heavy atom. The molecule has 0 radical (unpaired) electrons. The summed E-state index contributed by atoms with van der Waals surface area (Å²) in [6.45, 7) is 2.24. The maximum Gasteiger partial charge on any atom is 0.273 e. The average molecular weight is 424 g/mol. The molecule has 2 aromatic carbocycles. The number of nitrogens with zero attached hydrogens (tertiary/aromatic N) is 3. The zero-order chi connectivity index (χ0) is 21.3. The van der Waals surface area contributed by atoms with Crippen molar-refractivity contribution in [3.8, 4) is 11.3 Å². The van der Waals surface area contributed by atoms with E-state index in [4.69, 9.17) is 0 Å². The Hall–Kier alpha value is -3.59. The lowest BCUT2D eigenvalue weighted by atomic mass is 10.1. The van der Waals surface area contributed by atoms with Crippen LogP contribution in [0.15, 0.2) is 54.7 Å². The summed E-state index contributed by atoms with van der Waals surface area (Å²) in [5.41, 5.74) is 2.83. The molecule has 0 aliphatic rings. The molecular formula is C21H17FN4O3S. The molecule has 4 aromatic rings. The second-order valence-electron chi connectivity index (χ2n) is 6.74. The van der Waals surface area contributed by atoms with Crippen LogP contribution in [0.5, 0.6) is 0 Å². The van der Waals surface area contributed by atoms with Gasteiger partial charge in [-0.2, -0.15) is 0 Å². The molecule has 7 nitrogen and oxygen atoms in total. The number of para-hydroxylation sites is 1. The highest BCUT2D eigenvalue weighted by Gasteiger charge is 2.17. The topological polar surface area (TPSA) is 89.5 Å². The van der Waals surface area contributed by atoms with Crippen molar-refractivity contribution in [3.05, 3.63) is 86.8 Å². The third-order valence-corrected chi connectivity index (χ3v) is 5.94. The molecule has 1 amide bonds. The monoisotopic (exact) mass is 424 g/mol.